The lowest BCUT2D eigenvalue weighted by atomic mass is 10.2. The highest BCUT2D eigenvalue weighted by Crippen LogP contribution is 2.30. The molecule has 0 radical (unpaired) electrons. The first-order valence-electron chi connectivity index (χ1n) is 9.25. The fourth-order valence-electron chi connectivity index (χ4n) is 2.38. The third kappa shape index (κ3) is 7.21. The lowest BCUT2D eigenvalue weighted by Crippen LogP contribution is -2.18. The minimum atomic E-state index is -2.98. The van der Waals surface area contributed by atoms with Gasteiger partial charge in [-0.1, -0.05) is 12.1 Å². The third-order valence-electron chi connectivity index (χ3n) is 3.76. The van der Waals surface area contributed by atoms with E-state index < -0.39 is 25.1 Å². The SMILES string of the molecule is CCOC(=O)c1cc(CC)sc1NC(=O)CO/N=C/c1ccc(OC(F)F)c(OC)c1. The number of hydrogen-bond acceptors (Lipinski definition) is 8. The molecule has 2 aromatic rings. The molecule has 0 bridgehead atoms. The number of ether oxygens (including phenoxy) is 3. The van der Waals surface area contributed by atoms with Crippen molar-refractivity contribution < 1.29 is 37.4 Å². The zero-order valence-electron chi connectivity index (χ0n) is 17.1. The molecule has 2 rings (SSSR count). The average Bonchev–Trinajstić information content (AvgIpc) is 3.14. The van der Waals surface area contributed by atoms with E-state index in [9.17, 15) is 18.4 Å². The monoisotopic (exact) mass is 456 g/mol. The molecular formula is C20H22F2N2O6S. The number of nitrogens with one attached hydrogen (secondary N) is 1. The average molecular weight is 456 g/mol. The molecule has 1 aromatic carbocycles. The van der Waals surface area contributed by atoms with E-state index in [4.69, 9.17) is 14.3 Å². The fourth-order valence-corrected chi connectivity index (χ4v) is 3.38. The molecule has 1 aromatic heterocycles. The van der Waals surface area contributed by atoms with Gasteiger partial charge in [-0.25, -0.2) is 4.79 Å². The number of amides is 1. The van der Waals surface area contributed by atoms with Gasteiger partial charge in [-0.15, -0.1) is 11.3 Å². The Labute approximate surface area is 181 Å². The van der Waals surface area contributed by atoms with E-state index in [-0.39, 0.29) is 18.1 Å². The Hall–Kier alpha value is -3.21. The Balaban J connectivity index is 1.94. The number of thiophene rings is 1. The van der Waals surface area contributed by atoms with Gasteiger partial charge in [0.05, 0.1) is 25.5 Å². The molecule has 0 aliphatic rings. The number of alkyl halides is 2. The lowest BCUT2D eigenvalue weighted by Gasteiger charge is -2.09. The van der Waals surface area contributed by atoms with Crippen LogP contribution in [0.1, 0.15) is 34.6 Å². The van der Waals surface area contributed by atoms with E-state index in [1.54, 1.807) is 13.0 Å². The molecule has 11 heteroatoms. The first-order chi connectivity index (χ1) is 14.9. The Morgan fingerprint density at radius 2 is 2.00 bits per heavy atom. The van der Waals surface area contributed by atoms with Gasteiger partial charge in [-0.2, -0.15) is 8.78 Å². The molecule has 0 saturated heterocycles. The summed E-state index contributed by atoms with van der Waals surface area (Å²) in [5.74, 6) is -1.04. The maximum absolute atomic E-state index is 12.4. The van der Waals surface area contributed by atoms with Crippen molar-refractivity contribution in [3.63, 3.8) is 0 Å². The number of benzene rings is 1. The van der Waals surface area contributed by atoms with Crippen LogP contribution in [-0.2, 0) is 20.8 Å². The third-order valence-corrected chi connectivity index (χ3v) is 4.95. The van der Waals surface area contributed by atoms with E-state index in [0.717, 1.165) is 4.88 Å². The second kappa shape index (κ2) is 11.8. The largest absolute Gasteiger partial charge is 0.493 e. The quantitative estimate of drug-likeness (QED) is 0.311. The summed E-state index contributed by atoms with van der Waals surface area (Å²) >= 11 is 1.28. The molecule has 168 valence electrons. The second-order valence-electron chi connectivity index (χ2n) is 5.87. The van der Waals surface area contributed by atoms with Gasteiger partial charge in [0.2, 0.25) is 0 Å². The van der Waals surface area contributed by atoms with Crippen molar-refractivity contribution in [3.05, 3.63) is 40.3 Å². The molecule has 0 saturated carbocycles. The molecule has 0 spiro atoms. The topological polar surface area (TPSA) is 95.5 Å². The van der Waals surface area contributed by atoms with Crippen molar-refractivity contribution in [2.75, 3.05) is 25.6 Å². The van der Waals surface area contributed by atoms with E-state index in [1.165, 1.54) is 42.9 Å². The van der Waals surface area contributed by atoms with Crippen LogP contribution in [-0.4, -0.2) is 45.0 Å². The van der Waals surface area contributed by atoms with Crippen molar-refractivity contribution in [3.8, 4) is 11.5 Å². The van der Waals surface area contributed by atoms with Gasteiger partial charge >= 0.3 is 12.6 Å². The number of oxime groups is 1. The Morgan fingerprint density at radius 3 is 2.65 bits per heavy atom. The molecule has 1 heterocycles. The van der Waals surface area contributed by atoms with E-state index in [2.05, 4.69) is 15.2 Å². The summed E-state index contributed by atoms with van der Waals surface area (Å²) in [5, 5.41) is 6.68. The second-order valence-corrected chi connectivity index (χ2v) is 7.01. The highest BCUT2D eigenvalue weighted by Gasteiger charge is 2.18. The molecule has 0 unspecified atom stereocenters. The summed E-state index contributed by atoms with van der Waals surface area (Å²) in [6.45, 7) is 0.481. The fraction of sp³-hybridized carbons (Fsp3) is 0.350. The van der Waals surface area contributed by atoms with Gasteiger partial charge < -0.3 is 24.4 Å². The lowest BCUT2D eigenvalue weighted by molar-refractivity contribution is -0.120. The molecule has 0 fully saturated rings. The molecule has 31 heavy (non-hydrogen) atoms. The van der Waals surface area contributed by atoms with Crippen molar-refractivity contribution in [1.29, 1.82) is 0 Å². The molecule has 0 atom stereocenters. The molecule has 1 amide bonds. The van der Waals surface area contributed by atoms with Crippen LogP contribution in [0.2, 0.25) is 0 Å². The maximum atomic E-state index is 12.4. The molecule has 8 nitrogen and oxygen atoms in total. The number of carbonyl (C=O) groups is 2. The number of hydrogen-bond donors (Lipinski definition) is 1. The van der Waals surface area contributed by atoms with Crippen molar-refractivity contribution in [2.24, 2.45) is 5.16 Å². The number of nitrogens with zero attached hydrogens (tertiary/aromatic N) is 1. The normalized spacial score (nSPS) is 10.9. The predicted octanol–water partition coefficient (Wildman–Crippen LogP) is 4.09. The molecular weight excluding hydrogens is 434 g/mol. The van der Waals surface area contributed by atoms with Crippen molar-refractivity contribution in [2.45, 2.75) is 26.9 Å². The van der Waals surface area contributed by atoms with Crippen LogP contribution in [0, 0.1) is 0 Å². The number of esters is 1. The summed E-state index contributed by atoms with van der Waals surface area (Å²) in [6, 6.07) is 5.88. The van der Waals surface area contributed by atoms with Crippen LogP contribution in [0.15, 0.2) is 29.4 Å². The Kier molecular flexibility index (Phi) is 9.19. The van der Waals surface area contributed by atoms with Gasteiger partial charge in [0.25, 0.3) is 5.91 Å². The highest BCUT2D eigenvalue weighted by molar-refractivity contribution is 7.16. The van der Waals surface area contributed by atoms with E-state index in [1.807, 2.05) is 6.92 Å². The molecule has 0 aliphatic heterocycles. The number of anilines is 1. The summed E-state index contributed by atoms with van der Waals surface area (Å²) in [7, 11) is 1.31. The number of carbonyl (C=O) groups excluding carboxylic acids is 2. The number of halogens is 2. The predicted molar refractivity (Wildman–Crippen MR) is 111 cm³/mol. The first-order valence-corrected chi connectivity index (χ1v) is 10.1. The van der Waals surface area contributed by atoms with Gasteiger partial charge in [0.1, 0.15) is 5.00 Å². The summed E-state index contributed by atoms with van der Waals surface area (Å²) < 4.78 is 39.1. The zero-order valence-corrected chi connectivity index (χ0v) is 18.0. The Bertz CT molecular complexity index is 932. The molecule has 0 aliphatic carbocycles. The summed E-state index contributed by atoms with van der Waals surface area (Å²) in [6.07, 6.45) is 1.99. The minimum Gasteiger partial charge on any atom is -0.493 e. The number of methoxy groups -OCH3 is 1. The smallest absolute Gasteiger partial charge is 0.387 e. The number of aryl methyl sites for hydroxylation is 1. The molecule has 1 N–H and O–H groups in total. The number of rotatable bonds is 11. The van der Waals surface area contributed by atoms with Crippen LogP contribution in [0.25, 0.3) is 0 Å². The standard InChI is InChI=1S/C20H22F2N2O6S/c1-4-13-9-14(19(26)28-5-2)18(31-13)24-17(25)11-29-23-10-12-6-7-15(30-20(21)22)16(8-12)27-3/h6-10,20H,4-5,11H2,1-3H3,(H,24,25)/b23-10+. The summed E-state index contributed by atoms with van der Waals surface area (Å²) in [4.78, 5) is 30.1. The highest BCUT2D eigenvalue weighted by atomic mass is 32.1. The maximum Gasteiger partial charge on any atom is 0.387 e. The Morgan fingerprint density at radius 1 is 1.23 bits per heavy atom. The van der Waals surface area contributed by atoms with Gasteiger partial charge in [0, 0.05) is 10.4 Å². The zero-order chi connectivity index (χ0) is 22.8. The summed E-state index contributed by atoms with van der Waals surface area (Å²) in [5.41, 5.74) is 0.771. The first kappa shape index (κ1) is 24.1. The van der Waals surface area contributed by atoms with Gasteiger partial charge in [0.15, 0.2) is 18.1 Å². The van der Waals surface area contributed by atoms with Crippen LogP contribution in [0.5, 0.6) is 11.5 Å². The van der Waals surface area contributed by atoms with Crippen LogP contribution in [0.4, 0.5) is 13.8 Å². The van der Waals surface area contributed by atoms with E-state index in [0.29, 0.717) is 22.5 Å². The van der Waals surface area contributed by atoms with Crippen LogP contribution in [0.3, 0.4) is 0 Å². The van der Waals surface area contributed by atoms with Crippen molar-refractivity contribution >= 4 is 34.4 Å². The van der Waals surface area contributed by atoms with E-state index >= 15 is 0 Å². The van der Waals surface area contributed by atoms with Crippen molar-refractivity contribution in [1.82, 2.24) is 0 Å². The van der Waals surface area contributed by atoms with Crippen LogP contribution >= 0.6 is 11.3 Å². The van der Waals surface area contributed by atoms with Gasteiger partial charge in [-0.3, -0.25) is 4.79 Å². The van der Waals surface area contributed by atoms with Gasteiger partial charge in [-0.05, 0) is 37.6 Å². The minimum absolute atomic E-state index is 0.0953. The van der Waals surface area contributed by atoms with Crippen LogP contribution < -0.4 is 14.8 Å².